The Labute approximate surface area is 108 Å². The van der Waals surface area contributed by atoms with Gasteiger partial charge in [0.1, 0.15) is 11.2 Å². The maximum Gasteiger partial charge on any atom is 0.259 e. The van der Waals surface area contributed by atoms with Gasteiger partial charge in [0.2, 0.25) is 0 Å². The summed E-state index contributed by atoms with van der Waals surface area (Å²) in [6.45, 7) is 0. The summed E-state index contributed by atoms with van der Waals surface area (Å²) in [6.07, 6.45) is 1.47. The molecular formula is C13H12N4O2. The number of hydrogen-bond acceptors (Lipinski definition) is 3. The first kappa shape index (κ1) is 11.5. The van der Waals surface area contributed by atoms with Gasteiger partial charge < -0.3 is 9.88 Å². The highest BCUT2D eigenvalue weighted by molar-refractivity contribution is 6.00. The van der Waals surface area contributed by atoms with E-state index in [1.54, 1.807) is 36.8 Å². The molecule has 1 amide bonds. The van der Waals surface area contributed by atoms with Crippen molar-refractivity contribution in [1.82, 2.24) is 19.5 Å². The largest absolute Gasteiger partial charge is 0.345 e. The van der Waals surface area contributed by atoms with Crippen LogP contribution in [0.4, 0.5) is 0 Å². The molecule has 2 aromatic heterocycles. The van der Waals surface area contributed by atoms with Crippen molar-refractivity contribution in [3.05, 3.63) is 46.4 Å². The van der Waals surface area contributed by atoms with Crippen molar-refractivity contribution >= 4 is 22.5 Å². The van der Waals surface area contributed by atoms with E-state index >= 15 is 0 Å². The third-order valence-corrected chi connectivity index (χ3v) is 3.01. The Hall–Kier alpha value is -2.63. The van der Waals surface area contributed by atoms with E-state index in [0.717, 1.165) is 0 Å². The summed E-state index contributed by atoms with van der Waals surface area (Å²) < 4.78 is 1.58. The number of benzene rings is 1. The molecule has 1 N–H and O–H groups in total. The Balaban J connectivity index is 2.43. The number of amides is 1. The van der Waals surface area contributed by atoms with Crippen molar-refractivity contribution < 1.29 is 4.79 Å². The van der Waals surface area contributed by atoms with E-state index in [1.165, 1.54) is 11.1 Å². The van der Waals surface area contributed by atoms with Crippen molar-refractivity contribution in [2.24, 2.45) is 0 Å². The fourth-order valence-electron chi connectivity index (χ4n) is 2.07. The van der Waals surface area contributed by atoms with Crippen molar-refractivity contribution in [3.8, 4) is 0 Å². The molecule has 0 fully saturated rings. The Morgan fingerprint density at radius 1 is 1.32 bits per heavy atom. The molecule has 3 rings (SSSR count). The van der Waals surface area contributed by atoms with Crippen LogP contribution in [0.2, 0.25) is 0 Å². The van der Waals surface area contributed by atoms with Crippen molar-refractivity contribution in [1.29, 1.82) is 0 Å². The normalized spacial score (nSPS) is 11.1. The van der Waals surface area contributed by atoms with Crippen molar-refractivity contribution in [2.75, 3.05) is 14.1 Å². The van der Waals surface area contributed by atoms with Gasteiger partial charge in [0.15, 0.2) is 0 Å². The zero-order valence-electron chi connectivity index (χ0n) is 10.5. The third-order valence-electron chi connectivity index (χ3n) is 3.01. The molecule has 0 aliphatic heterocycles. The summed E-state index contributed by atoms with van der Waals surface area (Å²) in [5.74, 6) is -0.194. The summed E-state index contributed by atoms with van der Waals surface area (Å²) in [7, 11) is 3.32. The minimum atomic E-state index is -0.226. The zero-order valence-corrected chi connectivity index (χ0v) is 10.5. The van der Waals surface area contributed by atoms with Crippen LogP contribution in [0.25, 0.3) is 16.6 Å². The maximum atomic E-state index is 12.0. The Bertz CT molecular complexity index is 845. The lowest BCUT2D eigenvalue weighted by atomic mass is 10.2. The van der Waals surface area contributed by atoms with E-state index in [-0.39, 0.29) is 11.5 Å². The second-order valence-electron chi connectivity index (χ2n) is 4.49. The molecule has 0 radical (unpaired) electrons. The molecule has 19 heavy (non-hydrogen) atoms. The van der Waals surface area contributed by atoms with E-state index in [1.807, 2.05) is 6.07 Å². The SMILES string of the molecule is CN(C)C(=O)c1cnn2c1[nH]c(=O)c1ccccc12. The Morgan fingerprint density at radius 2 is 2.05 bits per heavy atom. The van der Waals surface area contributed by atoms with E-state index in [2.05, 4.69) is 10.1 Å². The quantitative estimate of drug-likeness (QED) is 0.702. The second kappa shape index (κ2) is 3.94. The van der Waals surface area contributed by atoms with Gasteiger partial charge >= 0.3 is 0 Å². The number of fused-ring (bicyclic) bond motifs is 3. The minimum absolute atomic E-state index is 0.194. The van der Waals surface area contributed by atoms with Crippen LogP contribution in [-0.4, -0.2) is 39.5 Å². The molecule has 96 valence electrons. The van der Waals surface area contributed by atoms with Gasteiger partial charge in [-0.25, -0.2) is 4.52 Å². The maximum absolute atomic E-state index is 12.0. The highest BCUT2D eigenvalue weighted by Crippen LogP contribution is 2.14. The first-order valence-corrected chi connectivity index (χ1v) is 5.80. The van der Waals surface area contributed by atoms with Crippen molar-refractivity contribution in [2.45, 2.75) is 0 Å². The number of para-hydroxylation sites is 1. The van der Waals surface area contributed by atoms with Crippen LogP contribution < -0.4 is 5.56 Å². The number of H-pyrrole nitrogens is 1. The van der Waals surface area contributed by atoms with Crippen LogP contribution >= 0.6 is 0 Å². The molecule has 0 saturated carbocycles. The first-order chi connectivity index (χ1) is 9.09. The van der Waals surface area contributed by atoms with E-state index < -0.39 is 0 Å². The van der Waals surface area contributed by atoms with Crippen LogP contribution in [0.1, 0.15) is 10.4 Å². The van der Waals surface area contributed by atoms with Crippen molar-refractivity contribution in [3.63, 3.8) is 0 Å². The van der Waals surface area contributed by atoms with Gasteiger partial charge in [0.25, 0.3) is 11.5 Å². The van der Waals surface area contributed by atoms with Crippen LogP contribution in [0.15, 0.2) is 35.3 Å². The molecular weight excluding hydrogens is 244 g/mol. The number of aromatic nitrogens is 3. The van der Waals surface area contributed by atoms with E-state index in [9.17, 15) is 9.59 Å². The van der Waals surface area contributed by atoms with Crippen LogP contribution in [0.3, 0.4) is 0 Å². The van der Waals surface area contributed by atoms with Gasteiger partial charge in [0, 0.05) is 14.1 Å². The van der Waals surface area contributed by atoms with Gasteiger partial charge in [-0.05, 0) is 12.1 Å². The monoisotopic (exact) mass is 256 g/mol. The number of aromatic amines is 1. The van der Waals surface area contributed by atoms with E-state index in [4.69, 9.17) is 0 Å². The number of rotatable bonds is 1. The Morgan fingerprint density at radius 3 is 2.79 bits per heavy atom. The average Bonchev–Trinajstić information content (AvgIpc) is 2.82. The summed E-state index contributed by atoms with van der Waals surface area (Å²) in [6, 6.07) is 7.15. The fourth-order valence-corrected chi connectivity index (χ4v) is 2.07. The summed E-state index contributed by atoms with van der Waals surface area (Å²) in [4.78, 5) is 28.2. The lowest BCUT2D eigenvalue weighted by Crippen LogP contribution is -2.22. The summed E-state index contributed by atoms with van der Waals surface area (Å²) in [5, 5.41) is 4.73. The zero-order chi connectivity index (χ0) is 13.6. The van der Waals surface area contributed by atoms with Crippen LogP contribution in [0.5, 0.6) is 0 Å². The third kappa shape index (κ3) is 1.61. The van der Waals surface area contributed by atoms with E-state index in [0.29, 0.717) is 22.1 Å². The molecule has 0 saturated heterocycles. The number of nitrogens with one attached hydrogen (secondary N) is 1. The summed E-state index contributed by atoms with van der Waals surface area (Å²) >= 11 is 0. The molecule has 0 aliphatic carbocycles. The minimum Gasteiger partial charge on any atom is -0.345 e. The number of carbonyl (C=O) groups excluding carboxylic acids is 1. The summed E-state index contributed by atoms with van der Waals surface area (Å²) in [5.41, 5.74) is 1.26. The van der Waals surface area contributed by atoms with Gasteiger partial charge in [-0.15, -0.1) is 0 Å². The van der Waals surface area contributed by atoms with Gasteiger partial charge in [-0.1, -0.05) is 12.1 Å². The Kier molecular flexibility index (Phi) is 2.38. The molecule has 6 nitrogen and oxygen atoms in total. The molecule has 0 aliphatic rings. The molecule has 0 atom stereocenters. The average molecular weight is 256 g/mol. The molecule has 0 unspecified atom stereocenters. The first-order valence-electron chi connectivity index (χ1n) is 5.80. The standard InChI is InChI=1S/C13H12N4O2/c1-16(2)13(19)9-7-14-17-10-6-4-3-5-8(10)12(18)15-11(9)17/h3-7H,1-2H3,(H,15,18). The lowest BCUT2D eigenvalue weighted by molar-refractivity contribution is 0.0829. The van der Waals surface area contributed by atoms with Gasteiger partial charge in [-0.3, -0.25) is 9.59 Å². The topological polar surface area (TPSA) is 70.5 Å². The molecule has 6 heteroatoms. The van der Waals surface area contributed by atoms with Crippen LogP contribution in [-0.2, 0) is 0 Å². The number of nitrogens with zero attached hydrogens (tertiary/aromatic N) is 3. The fraction of sp³-hybridized carbons (Fsp3) is 0.154. The number of carbonyl (C=O) groups is 1. The molecule has 0 spiro atoms. The highest BCUT2D eigenvalue weighted by atomic mass is 16.2. The molecule has 1 aromatic carbocycles. The highest BCUT2D eigenvalue weighted by Gasteiger charge is 2.17. The predicted molar refractivity (Wildman–Crippen MR) is 71.3 cm³/mol. The van der Waals surface area contributed by atoms with Gasteiger partial charge in [-0.2, -0.15) is 5.10 Å². The molecule has 3 aromatic rings. The predicted octanol–water partition coefficient (Wildman–Crippen LogP) is 0.878. The molecule has 2 heterocycles. The second-order valence-corrected chi connectivity index (χ2v) is 4.49. The molecule has 0 bridgehead atoms. The van der Waals surface area contributed by atoms with Gasteiger partial charge in [0.05, 0.1) is 17.1 Å². The smallest absolute Gasteiger partial charge is 0.259 e. The van der Waals surface area contributed by atoms with Crippen LogP contribution in [0, 0.1) is 0 Å². The number of hydrogen-bond donors (Lipinski definition) is 1. The lowest BCUT2D eigenvalue weighted by Gasteiger charge is -2.08.